The Labute approximate surface area is 193 Å². The zero-order chi connectivity index (χ0) is 23.6. The summed E-state index contributed by atoms with van der Waals surface area (Å²) in [4.78, 5) is 51.6. The number of nitrogens with one attached hydrogen (secondary N) is 1. The highest BCUT2D eigenvalue weighted by Crippen LogP contribution is 2.23. The Morgan fingerprint density at radius 3 is 2.61 bits per heavy atom. The summed E-state index contributed by atoms with van der Waals surface area (Å²) in [5.41, 5.74) is 0.600. The average Bonchev–Trinajstić information content (AvgIpc) is 2.79. The predicted octanol–water partition coefficient (Wildman–Crippen LogP) is 3.37. The molecule has 0 saturated heterocycles. The third-order valence-electron chi connectivity index (χ3n) is 5.82. The van der Waals surface area contributed by atoms with Gasteiger partial charge in [0.15, 0.2) is 0 Å². The summed E-state index contributed by atoms with van der Waals surface area (Å²) in [6.45, 7) is 2.19. The van der Waals surface area contributed by atoms with Gasteiger partial charge in [-0.3, -0.25) is 19.2 Å². The van der Waals surface area contributed by atoms with Gasteiger partial charge in [-0.2, -0.15) is 0 Å². The molecular formula is C25H32N2O6. The minimum absolute atomic E-state index is 0.0317. The standard InChI is InChI=1S/C25H32N2O6/c1-18(28)16-25(31)33-15-13-27(20-6-3-2-4-7-20)24(30)8-5-14-32-21-10-11-22-19(17-21)9-12-23(29)26-22/h9-12,17,20H,2-8,13-16H2,1H3,(H,26,29). The molecule has 0 atom stereocenters. The molecule has 33 heavy (non-hydrogen) atoms. The number of aromatic amines is 1. The first kappa shape index (κ1) is 24.5. The quantitative estimate of drug-likeness (QED) is 0.316. The molecule has 0 aliphatic heterocycles. The van der Waals surface area contributed by atoms with Gasteiger partial charge in [-0.05, 0) is 50.5 Å². The monoisotopic (exact) mass is 456 g/mol. The number of H-pyrrole nitrogens is 1. The Kier molecular flexibility index (Phi) is 9.04. The maximum absolute atomic E-state index is 13.0. The number of benzene rings is 1. The van der Waals surface area contributed by atoms with Gasteiger partial charge in [-0.25, -0.2) is 0 Å². The Hall–Kier alpha value is -3.16. The third-order valence-corrected chi connectivity index (χ3v) is 5.82. The van der Waals surface area contributed by atoms with Gasteiger partial charge < -0.3 is 19.4 Å². The van der Waals surface area contributed by atoms with Crippen LogP contribution in [0.3, 0.4) is 0 Å². The third kappa shape index (κ3) is 7.73. The number of amides is 1. The molecule has 2 aromatic rings. The summed E-state index contributed by atoms with van der Waals surface area (Å²) in [6.07, 6.45) is 5.96. The van der Waals surface area contributed by atoms with E-state index >= 15 is 0 Å². The van der Waals surface area contributed by atoms with Crippen molar-refractivity contribution >= 4 is 28.6 Å². The van der Waals surface area contributed by atoms with E-state index in [9.17, 15) is 19.2 Å². The van der Waals surface area contributed by atoms with Gasteiger partial charge in [0.05, 0.1) is 13.2 Å². The first-order chi connectivity index (χ1) is 15.9. The van der Waals surface area contributed by atoms with Crippen LogP contribution in [0.25, 0.3) is 10.9 Å². The number of Topliss-reactive ketones (excluding diaryl/α,β-unsaturated/α-hetero) is 1. The minimum atomic E-state index is -0.550. The van der Waals surface area contributed by atoms with Crippen LogP contribution in [0.2, 0.25) is 0 Å². The molecule has 178 valence electrons. The summed E-state index contributed by atoms with van der Waals surface area (Å²) in [5, 5.41) is 0.881. The van der Waals surface area contributed by atoms with Crippen LogP contribution in [-0.4, -0.2) is 53.3 Å². The van der Waals surface area contributed by atoms with E-state index < -0.39 is 5.97 Å². The van der Waals surface area contributed by atoms with E-state index in [1.54, 1.807) is 18.2 Å². The molecule has 0 bridgehead atoms. The van der Waals surface area contributed by atoms with Gasteiger partial charge in [0.1, 0.15) is 24.6 Å². The molecule has 3 rings (SSSR count). The first-order valence-corrected chi connectivity index (χ1v) is 11.6. The van der Waals surface area contributed by atoms with Crippen molar-refractivity contribution in [1.82, 2.24) is 9.88 Å². The van der Waals surface area contributed by atoms with Crippen molar-refractivity contribution in [3.8, 4) is 5.75 Å². The van der Waals surface area contributed by atoms with Crippen LogP contribution in [0, 0.1) is 0 Å². The summed E-state index contributed by atoms with van der Waals surface area (Å²) in [5.74, 6) is -0.0703. The minimum Gasteiger partial charge on any atom is -0.494 e. The number of carbonyl (C=O) groups is 3. The van der Waals surface area contributed by atoms with Crippen LogP contribution in [0.4, 0.5) is 0 Å². The number of pyridine rings is 1. The van der Waals surface area contributed by atoms with Crippen LogP contribution >= 0.6 is 0 Å². The lowest BCUT2D eigenvalue weighted by molar-refractivity contribution is -0.148. The van der Waals surface area contributed by atoms with Crippen molar-refractivity contribution < 1.29 is 23.9 Å². The van der Waals surface area contributed by atoms with Gasteiger partial charge in [-0.1, -0.05) is 19.3 Å². The molecule has 0 spiro atoms. The number of nitrogens with zero attached hydrogens (tertiary/aromatic N) is 1. The second kappa shape index (κ2) is 12.2. The Morgan fingerprint density at radius 2 is 1.85 bits per heavy atom. The molecule has 8 heteroatoms. The number of rotatable bonds is 11. The van der Waals surface area contributed by atoms with E-state index in [4.69, 9.17) is 9.47 Å². The Morgan fingerprint density at radius 1 is 1.06 bits per heavy atom. The van der Waals surface area contributed by atoms with Crippen molar-refractivity contribution in [3.63, 3.8) is 0 Å². The lowest BCUT2D eigenvalue weighted by Gasteiger charge is -2.34. The van der Waals surface area contributed by atoms with Crippen molar-refractivity contribution in [2.24, 2.45) is 0 Å². The molecule has 1 aromatic carbocycles. The first-order valence-electron chi connectivity index (χ1n) is 11.6. The van der Waals surface area contributed by atoms with E-state index in [2.05, 4.69) is 4.98 Å². The van der Waals surface area contributed by atoms with Crippen molar-refractivity contribution in [2.75, 3.05) is 19.8 Å². The number of hydrogen-bond acceptors (Lipinski definition) is 6. The largest absolute Gasteiger partial charge is 0.494 e. The predicted molar refractivity (Wildman–Crippen MR) is 124 cm³/mol. The number of carbonyl (C=O) groups excluding carboxylic acids is 3. The summed E-state index contributed by atoms with van der Waals surface area (Å²) in [7, 11) is 0. The highest BCUT2D eigenvalue weighted by molar-refractivity contribution is 5.94. The van der Waals surface area contributed by atoms with Crippen LogP contribution in [0.1, 0.15) is 58.3 Å². The molecule has 0 radical (unpaired) electrons. The highest BCUT2D eigenvalue weighted by Gasteiger charge is 2.25. The van der Waals surface area contributed by atoms with Crippen LogP contribution < -0.4 is 10.3 Å². The van der Waals surface area contributed by atoms with E-state index in [0.717, 1.165) is 36.6 Å². The maximum atomic E-state index is 13.0. The molecule has 1 heterocycles. The fraction of sp³-hybridized carbons (Fsp3) is 0.520. The molecule has 0 unspecified atom stereocenters. The Bertz CT molecular complexity index is 1020. The number of esters is 1. The summed E-state index contributed by atoms with van der Waals surface area (Å²) in [6, 6.07) is 8.84. The smallest absolute Gasteiger partial charge is 0.313 e. The topological polar surface area (TPSA) is 106 Å². The second-order valence-electron chi connectivity index (χ2n) is 8.50. The summed E-state index contributed by atoms with van der Waals surface area (Å²) < 4.78 is 11.0. The number of ether oxygens (including phenoxy) is 2. The molecule has 1 saturated carbocycles. The molecule has 1 aliphatic rings. The van der Waals surface area contributed by atoms with Gasteiger partial charge in [0, 0.05) is 29.4 Å². The van der Waals surface area contributed by atoms with E-state index in [0.29, 0.717) is 31.7 Å². The van der Waals surface area contributed by atoms with Crippen molar-refractivity contribution in [3.05, 3.63) is 40.7 Å². The SMILES string of the molecule is CC(=O)CC(=O)OCCN(C(=O)CCCOc1ccc2[nH]c(=O)ccc2c1)C1CCCCC1. The molecule has 1 N–H and O–H groups in total. The molecular weight excluding hydrogens is 424 g/mol. The second-order valence-corrected chi connectivity index (χ2v) is 8.50. The van der Waals surface area contributed by atoms with E-state index in [1.807, 2.05) is 11.0 Å². The van der Waals surface area contributed by atoms with Gasteiger partial charge in [0.25, 0.3) is 0 Å². The molecule has 1 aromatic heterocycles. The molecule has 1 amide bonds. The summed E-state index contributed by atoms with van der Waals surface area (Å²) >= 11 is 0. The molecule has 1 aliphatic carbocycles. The Balaban J connectivity index is 1.48. The van der Waals surface area contributed by atoms with Crippen LogP contribution in [0.5, 0.6) is 5.75 Å². The number of hydrogen-bond donors (Lipinski definition) is 1. The van der Waals surface area contributed by atoms with Gasteiger partial charge >= 0.3 is 5.97 Å². The lowest BCUT2D eigenvalue weighted by Crippen LogP contribution is -2.43. The molecule has 8 nitrogen and oxygen atoms in total. The zero-order valence-corrected chi connectivity index (χ0v) is 19.1. The molecule has 1 fully saturated rings. The number of ketones is 1. The van der Waals surface area contributed by atoms with Crippen molar-refractivity contribution in [1.29, 1.82) is 0 Å². The zero-order valence-electron chi connectivity index (χ0n) is 19.1. The van der Waals surface area contributed by atoms with E-state index in [1.165, 1.54) is 19.4 Å². The van der Waals surface area contributed by atoms with E-state index in [-0.39, 0.29) is 36.3 Å². The number of aromatic nitrogens is 1. The highest BCUT2D eigenvalue weighted by atomic mass is 16.5. The normalized spacial score (nSPS) is 14.1. The lowest BCUT2D eigenvalue weighted by atomic mass is 9.94. The fourth-order valence-electron chi connectivity index (χ4n) is 4.19. The van der Waals surface area contributed by atoms with Crippen molar-refractivity contribution in [2.45, 2.75) is 64.3 Å². The average molecular weight is 457 g/mol. The van der Waals surface area contributed by atoms with Gasteiger partial charge in [-0.15, -0.1) is 0 Å². The van der Waals surface area contributed by atoms with Crippen LogP contribution in [0.15, 0.2) is 35.1 Å². The van der Waals surface area contributed by atoms with Crippen LogP contribution in [-0.2, 0) is 19.1 Å². The maximum Gasteiger partial charge on any atom is 0.313 e. The number of fused-ring (bicyclic) bond motifs is 1. The fourth-order valence-corrected chi connectivity index (χ4v) is 4.19. The van der Waals surface area contributed by atoms with Gasteiger partial charge in [0.2, 0.25) is 11.5 Å².